The van der Waals surface area contributed by atoms with E-state index in [2.05, 4.69) is 10.3 Å². The molecule has 2 atom stereocenters. The van der Waals surface area contributed by atoms with Crippen molar-refractivity contribution in [2.24, 2.45) is 11.7 Å². The molecule has 1 heterocycles. The quantitative estimate of drug-likeness (QED) is 0.843. The van der Waals surface area contributed by atoms with Gasteiger partial charge in [0.2, 0.25) is 5.91 Å². The highest BCUT2D eigenvalue weighted by atomic mass is 16.1. The largest absolute Gasteiger partial charge is 0.361 e. The number of nitrogens with two attached hydrogens (primary N) is 1. The zero-order valence-corrected chi connectivity index (χ0v) is 10.9. The molecule has 1 aromatic heterocycles. The summed E-state index contributed by atoms with van der Waals surface area (Å²) in [5.74, 6) is 0.863. The van der Waals surface area contributed by atoms with E-state index in [1.165, 1.54) is 0 Å². The standard InChI is InChI=1S/C13H20N4O/c1-17(2)12-11(4-3-7-15-12)16-13(18)9-5-6-10(14)8-9/h3-4,7,9-10H,5-6,8,14H2,1-2H3,(H,16,18). The zero-order valence-electron chi connectivity index (χ0n) is 10.9. The van der Waals surface area contributed by atoms with E-state index >= 15 is 0 Å². The average molecular weight is 248 g/mol. The van der Waals surface area contributed by atoms with Crippen molar-refractivity contribution in [3.05, 3.63) is 18.3 Å². The molecule has 0 bridgehead atoms. The number of nitrogens with zero attached hydrogens (tertiary/aromatic N) is 2. The monoisotopic (exact) mass is 248 g/mol. The first kappa shape index (κ1) is 12.8. The van der Waals surface area contributed by atoms with Gasteiger partial charge < -0.3 is 16.0 Å². The van der Waals surface area contributed by atoms with E-state index < -0.39 is 0 Å². The minimum Gasteiger partial charge on any atom is -0.361 e. The summed E-state index contributed by atoms with van der Waals surface area (Å²) >= 11 is 0. The van der Waals surface area contributed by atoms with Crippen molar-refractivity contribution in [2.75, 3.05) is 24.3 Å². The first-order valence-corrected chi connectivity index (χ1v) is 6.26. The van der Waals surface area contributed by atoms with Gasteiger partial charge in [0.15, 0.2) is 5.82 Å². The van der Waals surface area contributed by atoms with E-state index in [4.69, 9.17) is 5.73 Å². The van der Waals surface area contributed by atoms with E-state index in [0.717, 1.165) is 30.8 Å². The SMILES string of the molecule is CN(C)c1ncccc1NC(=O)C1CCC(N)C1. The normalized spacial score (nSPS) is 22.8. The molecule has 1 fully saturated rings. The number of hydrogen-bond acceptors (Lipinski definition) is 4. The summed E-state index contributed by atoms with van der Waals surface area (Å²) < 4.78 is 0. The van der Waals surface area contributed by atoms with Gasteiger partial charge in [-0.05, 0) is 31.4 Å². The molecule has 0 saturated heterocycles. The van der Waals surface area contributed by atoms with Crippen molar-refractivity contribution >= 4 is 17.4 Å². The molecule has 18 heavy (non-hydrogen) atoms. The number of aromatic nitrogens is 1. The van der Waals surface area contributed by atoms with E-state index in [-0.39, 0.29) is 17.9 Å². The van der Waals surface area contributed by atoms with Crippen molar-refractivity contribution in [1.82, 2.24) is 4.98 Å². The lowest BCUT2D eigenvalue weighted by molar-refractivity contribution is -0.119. The fraction of sp³-hybridized carbons (Fsp3) is 0.538. The van der Waals surface area contributed by atoms with E-state index in [0.29, 0.717) is 0 Å². The highest BCUT2D eigenvalue weighted by molar-refractivity contribution is 5.95. The number of hydrogen-bond donors (Lipinski definition) is 2. The molecular weight excluding hydrogens is 228 g/mol. The Morgan fingerprint density at radius 1 is 1.50 bits per heavy atom. The highest BCUT2D eigenvalue weighted by Crippen LogP contribution is 2.27. The Balaban J connectivity index is 2.07. The van der Waals surface area contributed by atoms with Crippen molar-refractivity contribution < 1.29 is 4.79 Å². The minimum absolute atomic E-state index is 0.0372. The van der Waals surface area contributed by atoms with Crippen molar-refractivity contribution in [3.8, 4) is 0 Å². The lowest BCUT2D eigenvalue weighted by Crippen LogP contribution is -2.24. The first-order chi connectivity index (χ1) is 8.58. The molecule has 1 saturated carbocycles. The molecule has 1 aromatic rings. The van der Waals surface area contributed by atoms with Crippen molar-refractivity contribution in [1.29, 1.82) is 0 Å². The van der Waals surface area contributed by atoms with Crippen molar-refractivity contribution in [3.63, 3.8) is 0 Å². The Labute approximate surface area is 107 Å². The van der Waals surface area contributed by atoms with Gasteiger partial charge in [0, 0.05) is 32.3 Å². The number of anilines is 2. The summed E-state index contributed by atoms with van der Waals surface area (Å²) in [4.78, 5) is 18.3. The van der Waals surface area contributed by atoms with Crippen molar-refractivity contribution in [2.45, 2.75) is 25.3 Å². The highest BCUT2D eigenvalue weighted by Gasteiger charge is 2.28. The van der Waals surface area contributed by atoms with Crippen LogP contribution < -0.4 is 16.0 Å². The molecule has 3 N–H and O–H groups in total. The Kier molecular flexibility index (Phi) is 3.81. The number of nitrogens with one attached hydrogen (secondary N) is 1. The second-order valence-corrected chi connectivity index (χ2v) is 5.03. The smallest absolute Gasteiger partial charge is 0.227 e. The molecule has 5 heteroatoms. The molecule has 5 nitrogen and oxygen atoms in total. The molecule has 1 aliphatic rings. The Morgan fingerprint density at radius 2 is 2.28 bits per heavy atom. The molecule has 2 unspecified atom stereocenters. The van der Waals surface area contributed by atoms with Crippen LogP contribution in [0.2, 0.25) is 0 Å². The van der Waals surface area contributed by atoms with Crippen LogP contribution >= 0.6 is 0 Å². The van der Waals surface area contributed by atoms with Gasteiger partial charge in [-0.1, -0.05) is 0 Å². The number of amides is 1. The summed E-state index contributed by atoms with van der Waals surface area (Å²) in [6, 6.07) is 3.86. The summed E-state index contributed by atoms with van der Waals surface area (Å²) in [6.45, 7) is 0. The summed E-state index contributed by atoms with van der Waals surface area (Å²) in [6.07, 6.45) is 4.32. The average Bonchev–Trinajstić information content (AvgIpc) is 2.76. The molecule has 0 spiro atoms. The van der Waals surface area contributed by atoms with Gasteiger partial charge in [-0.15, -0.1) is 0 Å². The minimum atomic E-state index is 0.0372. The molecule has 1 aliphatic carbocycles. The van der Waals surface area contributed by atoms with Gasteiger partial charge >= 0.3 is 0 Å². The zero-order chi connectivity index (χ0) is 13.1. The van der Waals surface area contributed by atoms with Gasteiger partial charge in [-0.25, -0.2) is 4.98 Å². The molecule has 0 aromatic carbocycles. The van der Waals surface area contributed by atoms with Gasteiger partial charge in [0.25, 0.3) is 0 Å². The van der Waals surface area contributed by atoms with E-state index in [1.54, 1.807) is 6.20 Å². The molecule has 0 radical (unpaired) electrons. The fourth-order valence-electron chi connectivity index (χ4n) is 2.34. The van der Waals surface area contributed by atoms with Crippen LogP contribution in [-0.2, 0) is 4.79 Å². The molecule has 1 amide bonds. The van der Waals surface area contributed by atoms with Gasteiger partial charge in [0.1, 0.15) is 0 Å². The maximum atomic E-state index is 12.1. The van der Waals surface area contributed by atoms with Gasteiger partial charge in [-0.3, -0.25) is 4.79 Å². The van der Waals surface area contributed by atoms with E-state index in [9.17, 15) is 4.79 Å². The summed E-state index contributed by atoms with van der Waals surface area (Å²) in [5, 5.41) is 2.96. The Morgan fingerprint density at radius 3 is 2.89 bits per heavy atom. The predicted molar refractivity (Wildman–Crippen MR) is 72.5 cm³/mol. The van der Waals surface area contributed by atoms with Crippen LogP contribution in [0.5, 0.6) is 0 Å². The van der Waals surface area contributed by atoms with Gasteiger partial charge in [-0.2, -0.15) is 0 Å². The molecular formula is C13H20N4O. The van der Waals surface area contributed by atoms with Crippen LogP contribution in [-0.4, -0.2) is 31.0 Å². The Bertz CT molecular complexity index is 433. The fourth-order valence-corrected chi connectivity index (χ4v) is 2.34. The van der Waals surface area contributed by atoms with Crippen LogP contribution in [0.3, 0.4) is 0 Å². The lowest BCUT2D eigenvalue weighted by atomic mass is 10.1. The third-order valence-corrected chi connectivity index (χ3v) is 3.31. The van der Waals surface area contributed by atoms with Gasteiger partial charge in [0.05, 0.1) is 5.69 Å². The number of carbonyl (C=O) groups excluding carboxylic acids is 1. The van der Waals surface area contributed by atoms with Crippen LogP contribution in [0.15, 0.2) is 18.3 Å². The third-order valence-electron chi connectivity index (χ3n) is 3.31. The van der Waals surface area contributed by atoms with Crippen LogP contribution in [0.25, 0.3) is 0 Å². The third kappa shape index (κ3) is 2.79. The van der Waals surface area contributed by atoms with Crippen LogP contribution in [0.4, 0.5) is 11.5 Å². The summed E-state index contributed by atoms with van der Waals surface area (Å²) in [7, 11) is 3.81. The summed E-state index contributed by atoms with van der Waals surface area (Å²) in [5.41, 5.74) is 6.59. The maximum absolute atomic E-state index is 12.1. The Hall–Kier alpha value is -1.62. The predicted octanol–water partition coefficient (Wildman–Crippen LogP) is 1.21. The second kappa shape index (κ2) is 5.35. The van der Waals surface area contributed by atoms with E-state index in [1.807, 2.05) is 31.1 Å². The lowest BCUT2D eigenvalue weighted by Gasteiger charge is -2.17. The topological polar surface area (TPSA) is 71.2 Å². The second-order valence-electron chi connectivity index (χ2n) is 5.03. The first-order valence-electron chi connectivity index (χ1n) is 6.26. The van der Waals surface area contributed by atoms with Crippen LogP contribution in [0, 0.1) is 5.92 Å². The molecule has 0 aliphatic heterocycles. The maximum Gasteiger partial charge on any atom is 0.227 e. The number of rotatable bonds is 3. The molecule has 98 valence electrons. The van der Waals surface area contributed by atoms with Crippen LogP contribution in [0.1, 0.15) is 19.3 Å². The molecule has 2 rings (SSSR count). The number of carbonyl (C=O) groups is 1. The number of pyridine rings is 1.